The summed E-state index contributed by atoms with van der Waals surface area (Å²) in [5.74, 6) is 0.491. The number of nitrogens with one attached hydrogen (secondary N) is 1. The topological polar surface area (TPSA) is 55.1 Å². The molecule has 2 rings (SSSR count). The molecule has 0 fully saturated rings. The molecular formula is C17H20N2OS. The number of nitrogens with two attached hydrogens (primary N) is 1. The highest BCUT2D eigenvalue weighted by Crippen LogP contribution is 2.16. The third kappa shape index (κ3) is 5.61. The Bertz CT molecular complexity index is 555. The fourth-order valence-electron chi connectivity index (χ4n) is 1.91. The quantitative estimate of drug-likeness (QED) is 0.773. The first kappa shape index (κ1) is 15.6. The maximum absolute atomic E-state index is 11.8. The third-order valence-corrected chi connectivity index (χ3v) is 4.07. The van der Waals surface area contributed by atoms with E-state index in [9.17, 15) is 4.79 Å². The van der Waals surface area contributed by atoms with Crippen molar-refractivity contribution < 1.29 is 4.79 Å². The van der Waals surface area contributed by atoms with Gasteiger partial charge in [0.05, 0.1) is 5.75 Å². The van der Waals surface area contributed by atoms with Gasteiger partial charge in [0, 0.05) is 11.4 Å². The molecule has 0 aromatic heterocycles. The number of hydrogen-bond donors (Lipinski definition) is 2. The largest absolute Gasteiger partial charge is 0.351 e. The summed E-state index contributed by atoms with van der Waals surface area (Å²) in [5.41, 5.74) is 7.85. The molecular weight excluding hydrogens is 280 g/mol. The number of thioether (sulfide) groups is 1. The van der Waals surface area contributed by atoms with E-state index in [1.165, 1.54) is 5.56 Å². The van der Waals surface area contributed by atoms with Crippen molar-refractivity contribution in [1.29, 1.82) is 0 Å². The van der Waals surface area contributed by atoms with Crippen molar-refractivity contribution >= 4 is 17.7 Å². The molecule has 2 aromatic rings. The van der Waals surface area contributed by atoms with Crippen LogP contribution in [0.1, 0.15) is 11.1 Å². The Hall–Kier alpha value is -1.78. The van der Waals surface area contributed by atoms with Gasteiger partial charge in [0.25, 0.3) is 0 Å². The summed E-state index contributed by atoms with van der Waals surface area (Å²) in [7, 11) is 0. The minimum absolute atomic E-state index is 0.0508. The van der Waals surface area contributed by atoms with Crippen LogP contribution < -0.4 is 11.1 Å². The number of carbonyl (C=O) groups excluding carboxylic acids is 1. The number of rotatable bonds is 7. The highest BCUT2D eigenvalue weighted by Gasteiger charge is 2.02. The molecule has 0 aliphatic heterocycles. The van der Waals surface area contributed by atoms with Gasteiger partial charge in [-0.3, -0.25) is 4.79 Å². The molecule has 3 nitrogen and oxygen atoms in total. The van der Waals surface area contributed by atoms with E-state index in [-0.39, 0.29) is 5.91 Å². The van der Waals surface area contributed by atoms with Crippen LogP contribution in [0.2, 0.25) is 0 Å². The van der Waals surface area contributed by atoms with E-state index in [2.05, 4.69) is 17.4 Å². The lowest BCUT2D eigenvalue weighted by molar-refractivity contribution is -0.118. The van der Waals surface area contributed by atoms with Crippen LogP contribution >= 0.6 is 11.8 Å². The lowest BCUT2D eigenvalue weighted by Crippen LogP contribution is -2.24. The van der Waals surface area contributed by atoms with E-state index in [0.29, 0.717) is 18.8 Å². The summed E-state index contributed by atoms with van der Waals surface area (Å²) in [5, 5.41) is 2.94. The summed E-state index contributed by atoms with van der Waals surface area (Å²) < 4.78 is 0. The van der Waals surface area contributed by atoms with E-state index < -0.39 is 0 Å². The van der Waals surface area contributed by atoms with E-state index >= 15 is 0 Å². The second kappa shape index (κ2) is 8.49. The molecule has 4 heteroatoms. The Morgan fingerprint density at radius 3 is 2.33 bits per heavy atom. The number of amides is 1. The lowest BCUT2D eigenvalue weighted by atomic mass is 10.1. The van der Waals surface area contributed by atoms with Crippen LogP contribution in [0, 0.1) is 0 Å². The second-order valence-electron chi connectivity index (χ2n) is 4.73. The normalized spacial score (nSPS) is 10.3. The van der Waals surface area contributed by atoms with Gasteiger partial charge in [-0.25, -0.2) is 0 Å². The van der Waals surface area contributed by atoms with Gasteiger partial charge in [0.15, 0.2) is 0 Å². The predicted molar refractivity (Wildman–Crippen MR) is 88.2 cm³/mol. The van der Waals surface area contributed by atoms with Crippen molar-refractivity contribution in [2.45, 2.75) is 17.9 Å². The zero-order valence-electron chi connectivity index (χ0n) is 11.9. The monoisotopic (exact) mass is 300 g/mol. The standard InChI is InChI=1S/C17H20N2OS/c18-11-10-14-6-8-15(9-7-14)12-19-17(20)13-21-16-4-2-1-3-5-16/h1-9H,10-13,18H2,(H,19,20). The Kier molecular flexibility index (Phi) is 6.31. The zero-order chi connectivity index (χ0) is 14.9. The molecule has 0 atom stereocenters. The second-order valence-corrected chi connectivity index (χ2v) is 5.78. The summed E-state index contributed by atoms with van der Waals surface area (Å²) in [6.45, 7) is 1.23. The molecule has 0 spiro atoms. The smallest absolute Gasteiger partial charge is 0.230 e. The third-order valence-electron chi connectivity index (χ3n) is 3.06. The molecule has 0 heterocycles. The van der Waals surface area contributed by atoms with Crippen LogP contribution in [0.4, 0.5) is 0 Å². The maximum atomic E-state index is 11.8. The van der Waals surface area contributed by atoms with Gasteiger partial charge in [-0.05, 0) is 36.2 Å². The van der Waals surface area contributed by atoms with E-state index in [1.807, 2.05) is 42.5 Å². The van der Waals surface area contributed by atoms with Gasteiger partial charge in [-0.2, -0.15) is 0 Å². The van der Waals surface area contributed by atoms with Crippen LogP contribution in [0.5, 0.6) is 0 Å². The summed E-state index contributed by atoms with van der Waals surface area (Å²) >= 11 is 1.55. The summed E-state index contributed by atoms with van der Waals surface area (Å²) in [6.07, 6.45) is 0.889. The molecule has 21 heavy (non-hydrogen) atoms. The number of hydrogen-bond acceptors (Lipinski definition) is 3. The Balaban J connectivity index is 1.73. The predicted octanol–water partition coefficient (Wildman–Crippen LogP) is 2.60. The van der Waals surface area contributed by atoms with Crippen molar-refractivity contribution in [1.82, 2.24) is 5.32 Å². The Morgan fingerprint density at radius 1 is 1.00 bits per heavy atom. The van der Waals surface area contributed by atoms with Crippen LogP contribution in [0.25, 0.3) is 0 Å². The average molecular weight is 300 g/mol. The summed E-state index contributed by atoms with van der Waals surface area (Å²) in [6, 6.07) is 18.1. The molecule has 0 bridgehead atoms. The fraction of sp³-hybridized carbons (Fsp3) is 0.235. The molecule has 2 aromatic carbocycles. The van der Waals surface area contributed by atoms with Crippen molar-refractivity contribution in [2.75, 3.05) is 12.3 Å². The Morgan fingerprint density at radius 2 is 1.67 bits per heavy atom. The molecule has 0 saturated carbocycles. The van der Waals surface area contributed by atoms with E-state index in [4.69, 9.17) is 5.73 Å². The lowest BCUT2D eigenvalue weighted by Gasteiger charge is -2.06. The average Bonchev–Trinajstić information content (AvgIpc) is 2.53. The van der Waals surface area contributed by atoms with E-state index in [1.54, 1.807) is 11.8 Å². The van der Waals surface area contributed by atoms with Crippen LogP contribution in [0.15, 0.2) is 59.5 Å². The summed E-state index contributed by atoms with van der Waals surface area (Å²) in [4.78, 5) is 12.9. The van der Waals surface area contributed by atoms with Gasteiger partial charge >= 0.3 is 0 Å². The molecule has 3 N–H and O–H groups in total. The highest BCUT2D eigenvalue weighted by molar-refractivity contribution is 8.00. The minimum atomic E-state index is 0.0508. The molecule has 110 valence electrons. The number of benzene rings is 2. The molecule has 0 unspecified atom stereocenters. The molecule has 0 saturated heterocycles. The Labute approximate surface area is 129 Å². The fourth-order valence-corrected chi connectivity index (χ4v) is 2.66. The molecule has 0 aliphatic carbocycles. The maximum Gasteiger partial charge on any atom is 0.230 e. The van der Waals surface area contributed by atoms with Gasteiger partial charge in [-0.1, -0.05) is 42.5 Å². The van der Waals surface area contributed by atoms with Crippen LogP contribution in [-0.4, -0.2) is 18.2 Å². The number of carbonyl (C=O) groups is 1. The highest BCUT2D eigenvalue weighted by atomic mass is 32.2. The van der Waals surface area contributed by atoms with E-state index in [0.717, 1.165) is 16.9 Å². The first-order chi connectivity index (χ1) is 10.3. The minimum Gasteiger partial charge on any atom is -0.351 e. The van der Waals surface area contributed by atoms with Crippen LogP contribution in [-0.2, 0) is 17.8 Å². The van der Waals surface area contributed by atoms with Gasteiger partial charge in [0.1, 0.15) is 0 Å². The van der Waals surface area contributed by atoms with Gasteiger partial charge in [-0.15, -0.1) is 11.8 Å². The molecule has 0 radical (unpaired) electrons. The first-order valence-electron chi connectivity index (χ1n) is 7.00. The van der Waals surface area contributed by atoms with Crippen molar-refractivity contribution in [3.8, 4) is 0 Å². The molecule has 0 aliphatic rings. The van der Waals surface area contributed by atoms with Crippen LogP contribution in [0.3, 0.4) is 0 Å². The van der Waals surface area contributed by atoms with Crippen molar-refractivity contribution in [2.24, 2.45) is 5.73 Å². The SMILES string of the molecule is NCCc1ccc(CNC(=O)CSc2ccccc2)cc1. The van der Waals surface area contributed by atoms with Crippen molar-refractivity contribution in [3.05, 3.63) is 65.7 Å². The zero-order valence-corrected chi connectivity index (χ0v) is 12.7. The molecule has 1 amide bonds. The first-order valence-corrected chi connectivity index (χ1v) is 7.99. The van der Waals surface area contributed by atoms with Crippen molar-refractivity contribution in [3.63, 3.8) is 0 Å². The van der Waals surface area contributed by atoms with Gasteiger partial charge < -0.3 is 11.1 Å². The van der Waals surface area contributed by atoms with Gasteiger partial charge in [0.2, 0.25) is 5.91 Å².